The average molecular weight is 342 g/mol. The van der Waals surface area contributed by atoms with E-state index < -0.39 is 0 Å². The molecule has 1 aromatic carbocycles. The Kier molecular flexibility index (Phi) is 7.85. The number of piperazine rings is 1. The summed E-state index contributed by atoms with van der Waals surface area (Å²) >= 11 is 0. The van der Waals surface area contributed by atoms with Crippen molar-refractivity contribution in [3.05, 3.63) is 29.8 Å². The smallest absolute Gasteiger partial charge is 0.251 e. The Bertz CT molecular complexity index is 514. The van der Waals surface area contributed by atoms with Crippen LogP contribution in [0.4, 0.5) is 0 Å². The Morgan fingerprint density at radius 1 is 1.13 bits per heavy atom. The summed E-state index contributed by atoms with van der Waals surface area (Å²) in [6.07, 6.45) is 0. The summed E-state index contributed by atoms with van der Waals surface area (Å²) in [6, 6.07) is 6.80. The van der Waals surface area contributed by atoms with E-state index in [0.29, 0.717) is 11.3 Å². The fraction of sp³-hybridized carbons (Fsp3) is 0.500. The van der Waals surface area contributed by atoms with Gasteiger partial charge in [-0.15, -0.1) is 12.4 Å². The largest absolute Gasteiger partial charge is 0.497 e. The van der Waals surface area contributed by atoms with E-state index in [1.165, 1.54) is 0 Å². The molecule has 0 atom stereocenters. The molecule has 1 heterocycles. The van der Waals surface area contributed by atoms with Gasteiger partial charge in [0.15, 0.2) is 0 Å². The third-order valence-corrected chi connectivity index (χ3v) is 3.92. The van der Waals surface area contributed by atoms with E-state index in [4.69, 9.17) is 4.74 Å². The molecular weight excluding hydrogens is 318 g/mol. The highest BCUT2D eigenvalue weighted by Gasteiger charge is 2.20. The van der Waals surface area contributed by atoms with Crippen molar-refractivity contribution in [2.24, 2.45) is 0 Å². The SMILES string of the molecule is CCN1CCN(C(=O)CNC(=O)c2ccc(OC)cc2)CC1.Cl. The van der Waals surface area contributed by atoms with Crippen LogP contribution in [0.5, 0.6) is 5.75 Å². The van der Waals surface area contributed by atoms with Crippen molar-refractivity contribution < 1.29 is 14.3 Å². The molecule has 0 bridgehead atoms. The highest BCUT2D eigenvalue weighted by molar-refractivity contribution is 5.96. The minimum absolute atomic E-state index is 0. The summed E-state index contributed by atoms with van der Waals surface area (Å²) in [4.78, 5) is 28.2. The van der Waals surface area contributed by atoms with Crippen LogP contribution in [-0.4, -0.2) is 68.0 Å². The molecule has 1 aliphatic rings. The van der Waals surface area contributed by atoms with Gasteiger partial charge in [0.2, 0.25) is 5.91 Å². The molecular formula is C16H24ClN3O3. The van der Waals surface area contributed by atoms with Gasteiger partial charge in [-0.1, -0.05) is 6.92 Å². The third kappa shape index (κ3) is 5.41. The monoisotopic (exact) mass is 341 g/mol. The van der Waals surface area contributed by atoms with Gasteiger partial charge in [0.25, 0.3) is 5.91 Å². The van der Waals surface area contributed by atoms with E-state index in [1.807, 2.05) is 0 Å². The molecule has 1 saturated heterocycles. The maximum atomic E-state index is 12.1. The van der Waals surface area contributed by atoms with Gasteiger partial charge in [-0.2, -0.15) is 0 Å². The highest BCUT2D eigenvalue weighted by atomic mass is 35.5. The lowest BCUT2D eigenvalue weighted by Gasteiger charge is -2.34. The zero-order valence-electron chi connectivity index (χ0n) is 13.6. The number of carbonyl (C=O) groups is 2. The average Bonchev–Trinajstić information content (AvgIpc) is 2.59. The van der Waals surface area contributed by atoms with Crippen LogP contribution in [0.1, 0.15) is 17.3 Å². The number of nitrogens with zero attached hydrogens (tertiary/aromatic N) is 2. The van der Waals surface area contributed by atoms with Gasteiger partial charge in [-0.25, -0.2) is 0 Å². The van der Waals surface area contributed by atoms with Crippen LogP contribution in [0.25, 0.3) is 0 Å². The van der Waals surface area contributed by atoms with Crippen LogP contribution in [0.2, 0.25) is 0 Å². The molecule has 7 heteroatoms. The number of carbonyl (C=O) groups excluding carboxylic acids is 2. The first-order valence-electron chi connectivity index (χ1n) is 7.56. The molecule has 1 fully saturated rings. The summed E-state index contributed by atoms with van der Waals surface area (Å²) in [5, 5.41) is 2.67. The number of likely N-dealkylation sites (N-methyl/N-ethyl adjacent to an activating group) is 1. The van der Waals surface area contributed by atoms with Crippen molar-refractivity contribution in [1.29, 1.82) is 0 Å². The highest BCUT2D eigenvalue weighted by Crippen LogP contribution is 2.11. The Labute approximate surface area is 143 Å². The molecule has 0 saturated carbocycles. The molecule has 1 N–H and O–H groups in total. The second-order valence-electron chi connectivity index (χ2n) is 5.23. The van der Waals surface area contributed by atoms with Gasteiger partial charge in [0.05, 0.1) is 13.7 Å². The maximum Gasteiger partial charge on any atom is 0.251 e. The van der Waals surface area contributed by atoms with E-state index in [0.717, 1.165) is 32.7 Å². The topological polar surface area (TPSA) is 61.9 Å². The minimum Gasteiger partial charge on any atom is -0.497 e. The second-order valence-corrected chi connectivity index (χ2v) is 5.23. The van der Waals surface area contributed by atoms with Crippen LogP contribution in [0.3, 0.4) is 0 Å². The zero-order chi connectivity index (χ0) is 15.9. The first kappa shape index (κ1) is 19.3. The standard InChI is InChI=1S/C16H23N3O3.ClH/c1-3-18-8-10-19(11-9-18)15(20)12-17-16(21)13-4-6-14(22-2)7-5-13;/h4-7H,3,8-12H2,1-2H3,(H,17,21);1H. The summed E-state index contributed by atoms with van der Waals surface area (Å²) in [5.41, 5.74) is 0.518. The number of rotatable bonds is 5. The third-order valence-electron chi connectivity index (χ3n) is 3.92. The summed E-state index contributed by atoms with van der Waals surface area (Å²) in [6.45, 7) is 6.42. The molecule has 0 aliphatic carbocycles. The van der Waals surface area contributed by atoms with Crippen molar-refractivity contribution in [3.63, 3.8) is 0 Å². The van der Waals surface area contributed by atoms with Crippen LogP contribution in [0, 0.1) is 0 Å². The molecule has 1 aliphatic heterocycles. The molecule has 0 unspecified atom stereocenters. The molecule has 0 aromatic heterocycles. The number of hydrogen-bond donors (Lipinski definition) is 1. The quantitative estimate of drug-likeness (QED) is 0.868. The number of nitrogens with one attached hydrogen (secondary N) is 1. The molecule has 0 spiro atoms. The molecule has 6 nitrogen and oxygen atoms in total. The van der Waals surface area contributed by atoms with Gasteiger partial charge in [-0.05, 0) is 30.8 Å². The number of benzene rings is 1. The molecule has 1 aromatic rings. The predicted octanol–water partition coefficient (Wildman–Crippen LogP) is 1.01. The number of amides is 2. The summed E-state index contributed by atoms with van der Waals surface area (Å²) in [7, 11) is 1.58. The van der Waals surface area contributed by atoms with Crippen molar-refractivity contribution in [2.75, 3.05) is 46.4 Å². The number of ether oxygens (including phenoxy) is 1. The molecule has 2 amide bonds. The van der Waals surface area contributed by atoms with Crippen molar-refractivity contribution in [1.82, 2.24) is 15.1 Å². The number of hydrogen-bond acceptors (Lipinski definition) is 4. The van der Waals surface area contributed by atoms with E-state index >= 15 is 0 Å². The first-order valence-corrected chi connectivity index (χ1v) is 7.56. The molecule has 128 valence electrons. The van der Waals surface area contributed by atoms with Crippen molar-refractivity contribution >= 4 is 24.2 Å². The van der Waals surface area contributed by atoms with Crippen LogP contribution >= 0.6 is 12.4 Å². The van der Waals surface area contributed by atoms with Gasteiger partial charge in [0.1, 0.15) is 5.75 Å². The van der Waals surface area contributed by atoms with Crippen LogP contribution in [-0.2, 0) is 4.79 Å². The molecule has 2 rings (SSSR count). The lowest BCUT2D eigenvalue weighted by Crippen LogP contribution is -2.51. The van der Waals surface area contributed by atoms with Gasteiger partial charge < -0.3 is 19.9 Å². The lowest BCUT2D eigenvalue weighted by atomic mass is 10.2. The Morgan fingerprint density at radius 3 is 2.26 bits per heavy atom. The van der Waals surface area contributed by atoms with Crippen molar-refractivity contribution in [3.8, 4) is 5.75 Å². The fourth-order valence-corrected chi connectivity index (χ4v) is 2.43. The fourth-order valence-electron chi connectivity index (χ4n) is 2.43. The Morgan fingerprint density at radius 2 is 1.74 bits per heavy atom. The van der Waals surface area contributed by atoms with E-state index in [1.54, 1.807) is 36.3 Å². The van der Waals surface area contributed by atoms with Gasteiger partial charge in [0, 0.05) is 31.7 Å². The Hall–Kier alpha value is -1.79. The summed E-state index contributed by atoms with van der Waals surface area (Å²) < 4.78 is 5.05. The number of halogens is 1. The predicted molar refractivity (Wildman–Crippen MR) is 91.3 cm³/mol. The Balaban J connectivity index is 0.00000264. The molecule has 0 radical (unpaired) electrons. The van der Waals surface area contributed by atoms with Gasteiger partial charge >= 0.3 is 0 Å². The normalized spacial score (nSPS) is 14.8. The number of methoxy groups -OCH3 is 1. The summed E-state index contributed by atoms with van der Waals surface area (Å²) in [5.74, 6) is 0.419. The molecule has 23 heavy (non-hydrogen) atoms. The minimum atomic E-state index is -0.247. The lowest BCUT2D eigenvalue weighted by molar-refractivity contribution is -0.131. The maximum absolute atomic E-state index is 12.1. The van der Waals surface area contributed by atoms with E-state index in [-0.39, 0.29) is 30.8 Å². The first-order chi connectivity index (χ1) is 10.6. The zero-order valence-corrected chi connectivity index (χ0v) is 14.4. The second kappa shape index (κ2) is 9.37. The van der Waals surface area contributed by atoms with Crippen LogP contribution < -0.4 is 10.1 Å². The van der Waals surface area contributed by atoms with E-state index in [2.05, 4.69) is 17.1 Å². The van der Waals surface area contributed by atoms with E-state index in [9.17, 15) is 9.59 Å². The van der Waals surface area contributed by atoms with Gasteiger partial charge in [-0.3, -0.25) is 9.59 Å². The van der Waals surface area contributed by atoms with Crippen LogP contribution in [0.15, 0.2) is 24.3 Å². The van der Waals surface area contributed by atoms with Crippen molar-refractivity contribution in [2.45, 2.75) is 6.92 Å².